The quantitative estimate of drug-likeness (QED) is 0.519. The Bertz CT molecular complexity index is 407. The van der Waals surface area contributed by atoms with Crippen molar-refractivity contribution in [3.63, 3.8) is 0 Å². The Morgan fingerprint density at radius 3 is 3.00 bits per heavy atom. The molecule has 0 aliphatic heterocycles. The summed E-state index contributed by atoms with van der Waals surface area (Å²) in [6, 6.07) is 2.79. The lowest BCUT2D eigenvalue weighted by Crippen LogP contribution is -2.43. The van der Waals surface area contributed by atoms with E-state index in [0.717, 1.165) is 0 Å². The molecule has 0 fully saturated rings. The van der Waals surface area contributed by atoms with Crippen LogP contribution >= 0.6 is 11.6 Å². The highest BCUT2D eigenvalue weighted by Crippen LogP contribution is 2.11. The van der Waals surface area contributed by atoms with Gasteiger partial charge in [-0.25, -0.2) is 4.79 Å². The first-order chi connectivity index (χ1) is 7.63. The van der Waals surface area contributed by atoms with Crippen LogP contribution in [0.5, 0.6) is 0 Å². The van der Waals surface area contributed by atoms with E-state index in [0.29, 0.717) is 17.3 Å². The number of aromatic nitrogens is 1. The van der Waals surface area contributed by atoms with Crippen LogP contribution in [0.25, 0.3) is 0 Å². The van der Waals surface area contributed by atoms with Crippen molar-refractivity contribution >= 4 is 23.6 Å². The largest absolute Gasteiger partial charge is 0.351 e. The number of nitrogens with one attached hydrogen (secondary N) is 2. The van der Waals surface area contributed by atoms with Gasteiger partial charge in [-0.2, -0.15) is 0 Å². The maximum Gasteiger partial charge on any atom is 0.318 e. The van der Waals surface area contributed by atoms with Gasteiger partial charge in [-0.1, -0.05) is 11.6 Å². The molecule has 1 aromatic heterocycles. The fourth-order valence-corrected chi connectivity index (χ4v) is 1.20. The standard InChI is InChI=1S/C9H12ClN5O/c1-12-9(15-8(11)16)14-5-7-6(10)3-2-4-13-7/h2-4H,5H2,1H3,(H4,11,12,14,15,16). The third kappa shape index (κ3) is 3.74. The molecule has 86 valence electrons. The van der Waals surface area contributed by atoms with Gasteiger partial charge in [-0.3, -0.25) is 15.3 Å². The van der Waals surface area contributed by atoms with Crippen LogP contribution in [-0.2, 0) is 6.54 Å². The minimum absolute atomic E-state index is 0.272. The molecule has 0 saturated carbocycles. The van der Waals surface area contributed by atoms with E-state index in [-0.39, 0.29) is 5.96 Å². The summed E-state index contributed by atoms with van der Waals surface area (Å²) in [6.45, 7) is 0.354. The molecule has 1 heterocycles. The Balaban J connectivity index is 2.57. The molecule has 0 radical (unpaired) electrons. The van der Waals surface area contributed by atoms with Crippen LogP contribution in [0.15, 0.2) is 23.3 Å². The van der Waals surface area contributed by atoms with Crippen LogP contribution in [0.1, 0.15) is 5.69 Å². The Kier molecular flexibility index (Phi) is 4.53. The molecule has 0 aliphatic rings. The molecule has 2 amide bonds. The Morgan fingerprint density at radius 1 is 1.69 bits per heavy atom. The van der Waals surface area contributed by atoms with E-state index >= 15 is 0 Å². The summed E-state index contributed by atoms with van der Waals surface area (Å²) in [6.07, 6.45) is 1.63. The predicted octanol–water partition coefficient (Wildman–Crippen LogP) is 0.479. The minimum atomic E-state index is -0.680. The van der Waals surface area contributed by atoms with E-state index in [1.165, 1.54) is 7.05 Å². The van der Waals surface area contributed by atoms with Crippen molar-refractivity contribution in [2.75, 3.05) is 7.05 Å². The van der Waals surface area contributed by atoms with Gasteiger partial charge in [0.2, 0.25) is 0 Å². The van der Waals surface area contributed by atoms with E-state index in [9.17, 15) is 4.79 Å². The number of halogens is 1. The van der Waals surface area contributed by atoms with Crippen molar-refractivity contribution in [2.45, 2.75) is 6.54 Å². The van der Waals surface area contributed by atoms with Gasteiger partial charge in [0.1, 0.15) is 0 Å². The van der Waals surface area contributed by atoms with Gasteiger partial charge in [0.25, 0.3) is 0 Å². The summed E-state index contributed by atoms with van der Waals surface area (Å²) in [4.78, 5) is 18.5. The van der Waals surface area contributed by atoms with E-state index in [2.05, 4.69) is 20.6 Å². The van der Waals surface area contributed by atoms with Gasteiger partial charge < -0.3 is 11.1 Å². The van der Waals surface area contributed by atoms with Crippen molar-refractivity contribution < 1.29 is 4.79 Å². The molecule has 0 atom stereocenters. The van der Waals surface area contributed by atoms with E-state index < -0.39 is 6.03 Å². The lowest BCUT2D eigenvalue weighted by molar-refractivity contribution is 0.253. The minimum Gasteiger partial charge on any atom is -0.351 e. The average Bonchev–Trinajstić information content (AvgIpc) is 2.25. The maximum atomic E-state index is 10.6. The number of pyridine rings is 1. The fraction of sp³-hybridized carbons (Fsp3) is 0.222. The fourth-order valence-electron chi connectivity index (χ4n) is 1.01. The molecule has 16 heavy (non-hydrogen) atoms. The molecule has 7 heteroatoms. The molecular formula is C9H12ClN5O. The van der Waals surface area contributed by atoms with Crippen molar-refractivity contribution in [1.29, 1.82) is 0 Å². The molecule has 0 unspecified atom stereocenters. The van der Waals surface area contributed by atoms with Gasteiger partial charge in [0.05, 0.1) is 17.3 Å². The highest BCUT2D eigenvalue weighted by molar-refractivity contribution is 6.31. The highest BCUT2D eigenvalue weighted by atomic mass is 35.5. The monoisotopic (exact) mass is 241 g/mol. The van der Waals surface area contributed by atoms with Crippen LogP contribution in [0, 0.1) is 0 Å². The number of nitrogens with zero attached hydrogens (tertiary/aromatic N) is 2. The molecule has 4 N–H and O–H groups in total. The molecule has 1 aromatic rings. The third-order valence-electron chi connectivity index (χ3n) is 1.72. The van der Waals surface area contributed by atoms with Crippen molar-refractivity contribution in [1.82, 2.24) is 15.6 Å². The highest BCUT2D eigenvalue weighted by Gasteiger charge is 2.03. The van der Waals surface area contributed by atoms with E-state index in [4.69, 9.17) is 17.3 Å². The van der Waals surface area contributed by atoms with Crippen LogP contribution in [0.2, 0.25) is 5.02 Å². The number of rotatable bonds is 2. The summed E-state index contributed by atoms with van der Waals surface area (Å²) >= 11 is 5.90. The van der Waals surface area contributed by atoms with Crippen LogP contribution in [0.3, 0.4) is 0 Å². The van der Waals surface area contributed by atoms with Crippen LogP contribution in [0.4, 0.5) is 4.79 Å². The summed E-state index contributed by atoms with van der Waals surface area (Å²) < 4.78 is 0. The Hall–Kier alpha value is -1.82. The zero-order valence-corrected chi connectivity index (χ0v) is 9.45. The molecule has 0 spiro atoms. The van der Waals surface area contributed by atoms with Crippen molar-refractivity contribution in [3.8, 4) is 0 Å². The number of nitrogens with two attached hydrogens (primary N) is 1. The zero-order valence-electron chi connectivity index (χ0n) is 8.70. The van der Waals surface area contributed by atoms with Gasteiger partial charge in [0.15, 0.2) is 5.96 Å². The smallest absolute Gasteiger partial charge is 0.318 e. The van der Waals surface area contributed by atoms with Gasteiger partial charge >= 0.3 is 6.03 Å². The number of amides is 2. The van der Waals surface area contributed by atoms with Crippen molar-refractivity contribution in [3.05, 3.63) is 29.0 Å². The lowest BCUT2D eigenvalue weighted by atomic mass is 10.3. The summed E-state index contributed by atoms with van der Waals surface area (Å²) in [7, 11) is 1.53. The number of primary amides is 1. The second-order valence-electron chi connectivity index (χ2n) is 2.85. The first-order valence-electron chi connectivity index (χ1n) is 4.50. The Morgan fingerprint density at radius 2 is 2.44 bits per heavy atom. The molecule has 0 aliphatic carbocycles. The van der Waals surface area contributed by atoms with Gasteiger partial charge in [0, 0.05) is 13.2 Å². The van der Waals surface area contributed by atoms with Gasteiger partial charge in [-0.05, 0) is 12.1 Å². The normalized spacial score (nSPS) is 11.0. The second-order valence-corrected chi connectivity index (χ2v) is 3.25. The first kappa shape index (κ1) is 12.3. The number of urea groups is 1. The number of carbonyl (C=O) groups is 1. The first-order valence-corrected chi connectivity index (χ1v) is 4.87. The average molecular weight is 242 g/mol. The summed E-state index contributed by atoms with van der Waals surface area (Å²) in [5.74, 6) is 0.272. The summed E-state index contributed by atoms with van der Waals surface area (Å²) in [5.41, 5.74) is 5.62. The topological polar surface area (TPSA) is 92.4 Å². The molecule has 0 saturated heterocycles. The van der Waals surface area contributed by atoms with E-state index in [1.807, 2.05) is 0 Å². The summed E-state index contributed by atoms with van der Waals surface area (Å²) in [5, 5.41) is 5.72. The molecule has 1 rings (SSSR count). The number of hydrogen-bond acceptors (Lipinski definition) is 3. The third-order valence-corrected chi connectivity index (χ3v) is 2.07. The second kappa shape index (κ2) is 5.92. The van der Waals surface area contributed by atoms with Gasteiger partial charge in [-0.15, -0.1) is 0 Å². The lowest BCUT2D eigenvalue weighted by Gasteiger charge is -2.09. The van der Waals surface area contributed by atoms with Crippen LogP contribution in [-0.4, -0.2) is 24.0 Å². The number of hydrogen-bond donors (Lipinski definition) is 3. The van der Waals surface area contributed by atoms with Crippen molar-refractivity contribution in [2.24, 2.45) is 10.7 Å². The number of guanidine groups is 1. The number of aliphatic imine (C=N–C) groups is 1. The number of carbonyl (C=O) groups excluding carboxylic acids is 1. The SMILES string of the molecule is CN=C(NCc1ncccc1Cl)NC(N)=O. The Labute approximate surface area is 97.9 Å². The molecule has 0 aromatic carbocycles. The molecular weight excluding hydrogens is 230 g/mol. The molecule has 0 bridgehead atoms. The maximum absolute atomic E-state index is 10.6. The predicted molar refractivity (Wildman–Crippen MR) is 62.2 cm³/mol. The van der Waals surface area contributed by atoms with Crippen LogP contribution < -0.4 is 16.4 Å². The zero-order chi connectivity index (χ0) is 12.0. The molecule has 6 nitrogen and oxygen atoms in total. The van der Waals surface area contributed by atoms with E-state index in [1.54, 1.807) is 18.3 Å².